The van der Waals surface area contributed by atoms with Crippen LogP contribution in [-0.2, 0) is 10.0 Å². The van der Waals surface area contributed by atoms with Crippen LogP contribution in [0.5, 0.6) is 0 Å². The zero-order valence-electron chi connectivity index (χ0n) is 15.0. The average molecular weight is 370 g/mol. The lowest BCUT2D eigenvalue weighted by Crippen LogP contribution is -2.14. The Balaban J connectivity index is 2.08. The lowest BCUT2D eigenvalue weighted by molar-refractivity contribution is 0.199. The molecule has 3 aromatic carbocycles. The molecule has 0 aliphatic rings. The molecule has 0 aromatic heterocycles. The Bertz CT molecular complexity index is 1040. The van der Waals surface area contributed by atoms with E-state index < -0.39 is 16.1 Å². The van der Waals surface area contributed by atoms with Gasteiger partial charge in [-0.05, 0) is 36.8 Å². The Hall–Kier alpha value is -2.57. The van der Waals surface area contributed by atoms with Crippen LogP contribution in [0.4, 0.5) is 11.4 Å². The fraction of sp³-hybridized carbons (Fsp3) is 0.200. The second-order valence-corrected chi connectivity index (χ2v) is 8.08. The van der Waals surface area contributed by atoms with Gasteiger partial charge in [-0.2, -0.15) is 0 Å². The van der Waals surface area contributed by atoms with Crippen molar-refractivity contribution < 1.29 is 13.5 Å². The molecule has 6 heteroatoms. The molecule has 1 unspecified atom stereocenters. The van der Waals surface area contributed by atoms with Crippen LogP contribution in [0.2, 0.25) is 0 Å². The molecule has 5 nitrogen and oxygen atoms in total. The van der Waals surface area contributed by atoms with Crippen molar-refractivity contribution in [3.05, 3.63) is 66.2 Å². The number of hydrogen-bond acceptors (Lipinski definition) is 4. The van der Waals surface area contributed by atoms with E-state index in [9.17, 15) is 13.5 Å². The van der Waals surface area contributed by atoms with Crippen LogP contribution in [0.25, 0.3) is 10.8 Å². The number of sulfonamides is 1. The van der Waals surface area contributed by atoms with Crippen molar-refractivity contribution >= 4 is 32.2 Å². The molecule has 0 aliphatic heterocycles. The smallest absolute Gasteiger partial charge is 0.262 e. The number of hydrogen-bond donors (Lipinski definition) is 2. The van der Waals surface area contributed by atoms with E-state index in [1.807, 2.05) is 43.3 Å². The van der Waals surface area contributed by atoms with E-state index in [0.29, 0.717) is 16.6 Å². The molecule has 1 atom stereocenters. The molecule has 0 spiro atoms. The van der Waals surface area contributed by atoms with Crippen molar-refractivity contribution in [3.8, 4) is 0 Å². The third-order valence-corrected chi connectivity index (χ3v) is 5.69. The van der Waals surface area contributed by atoms with E-state index in [2.05, 4.69) is 4.72 Å². The summed E-state index contributed by atoms with van der Waals surface area (Å²) in [7, 11) is 0.0777. The highest BCUT2D eigenvalue weighted by molar-refractivity contribution is 7.93. The SMILES string of the molecule is CC(O)c1cccc(NS(=O)(=O)c2cccc3c(N(C)C)cccc23)c1. The molecule has 26 heavy (non-hydrogen) atoms. The maximum Gasteiger partial charge on any atom is 0.262 e. The summed E-state index contributed by atoms with van der Waals surface area (Å²) < 4.78 is 28.6. The minimum absolute atomic E-state index is 0.223. The summed E-state index contributed by atoms with van der Waals surface area (Å²) in [6, 6.07) is 17.7. The third-order valence-electron chi connectivity index (χ3n) is 4.25. The molecule has 0 radical (unpaired) electrons. The first-order chi connectivity index (χ1) is 12.3. The molecule has 0 aliphatic carbocycles. The number of nitrogens with zero attached hydrogens (tertiary/aromatic N) is 1. The van der Waals surface area contributed by atoms with Gasteiger partial charge in [-0.3, -0.25) is 4.72 Å². The van der Waals surface area contributed by atoms with Crippen LogP contribution in [-0.4, -0.2) is 27.6 Å². The first kappa shape index (κ1) is 18.2. The van der Waals surface area contributed by atoms with E-state index in [1.54, 1.807) is 43.3 Å². The van der Waals surface area contributed by atoms with Gasteiger partial charge >= 0.3 is 0 Å². The van der Waals surface area contributed by atoms with Gasteiger partial charge in [0.1, 0.15) is 0 Å². The molecular weight excluding hydrogens is 348 g/mol. The first-order valence-electron chi connectivity index (χ1n) is 8.29. The summed E-state index contributed by atoms with van der Waals surface area (Å²) in [4.78, 5) is 2.18. The van der Waals surface area contributed by atoms with Gasteiger partial charge in [0.25, 0.3) is 10.0 Å². The average Bonchev–Trinajstić information content (AvgIpc) is 2.60. The predicted molar refractivity (Wildman–Crippen MR) is 106 cm³/mol. The number of nitrogens with one attached hydrogen (secondary N) is 1. The van der Waals surface area contributed by atoms with E-state index in [4.69, 9.17) is 0 Å². The zero-order chi connectivity index (χ0) is 18.9. The van der Waals surface area contributed by atoms with Gasteiger partial charge in [-0.1, -0.05) is 36.4 Å². The van der Waals surface area contributed by atoms with Crippen LogP contribution in [0.3, 0.4) is 0 Å². The number of aliphatic hydroxyl groups excluding tert-OH is 1. The van der Waals surface area contributed by atoms with Crippen molar-refractivity contribution in [1.29, 1.82) is 0 Å². The highest BCUT2D eigenvalue weighted by atomic mass is 32.2. The molecule has 3 aromatic rings. The lowest BCUT2D eigenvalue weighted by Gasteiger charge is -2.17. The fourth-order valence-corrected chi connectivity index (χ4v) is 4.23. The Morgan fingerprint density at radius 2 is 1.62 bits per heavy atom. The number of aliphatic hydroxyl groups is 1. The maximum atomic E-state index is 13.0. The van der Waals surface area contributed by atoms with E-state index in [1.165, 1.54) is 0 Å². The summed E-state index contributed by atoms with van der Waals surface area (Å²) in [5.74, 6) is 0. The van der Waals surface area contributed by atoms with Gasteiger partial charge in [-0.15, -0.1) is 0 Å². The molecule has 2 N–H and O–H groups in total. The molecule has 0 bridgehead atoms. The fourth-order valence-electron chi connectivity index (χ4n) is 2.96. The van der Waals surface area contributed by atoms with Crippen molar-refractivity contribution in [2.45, 2.75) is 17.9 Å². The van der Waals surface area contributed by atoms with Crippen LogP contribution in [0.1, 0.15) is 18.6 Å². The van der Waals surface area contributed by atoms with Gasteiger partial charge in [0, 0.05) is 36.2 Å². The zero-order valence-corrected chi connectivity index (χ0v) is 15.8. The van der Waals surface area contributed by atoms with Crippen LogP contribution < -0.4 is 9.62 Å². The van der Waals surface area contributed by atoms with Gasteiger partial charge in [-0.25, -0.2) is 8.42 Å². The molecule has 0 heterocycles. The Morgan fingerprint density at radius 3 is 2.31 bits per heavy atom. The summed E-state index contributed by atoms with van der Waals surface area (Å²) in [6.07, 6.45) is -0.667. The highest BCUT2D eigenvalue weighted by Crippen LogP contribution is 2.31. The van der Waals surface area contributed by atoms with Crippen molar-refractivity contribution in [2.75, 3.05) is 23.7 Å². The monoisotopic (exact) mass is 370 g/mol. The van der Waals surface area contributed by atoms with Gasteiger partial charge in [0.05, 0.1) is 11.0 Å². The van der Waals surface area contributed by atoms with E-state index in [-0.39, 0.29) is 4.90 Å². The summed E-state index contributed by atoms with van der Waals surface area (Å²) in [6.45, 7) is 1.64. The van der Waals surface area contributed by atoms with E-state index in [0.717, 1.165) is 11.1 Å². The predicted octanol–water partition coefficient (Wildman–Crippen LogP) is 3.76. The minimum atomic E-state index is -3.77. The summed E-state index contributed by atoms with van der Waals surface area (Å²) in [5.41, 5.74) is 2.03. The number of anilines is 2. The minimum Gasteiger partial charge on any atom is -0.389 e. The quantitative estimate of drug-likeness (QED) is 0.717. The number of rotatable bonds is 5. The summed E-state index contributed by atoms with van der Waals surface area (Å²) in [5, 5.41) is 11.2. The van der Waals surface area contributed by atoms with Crippen molar-refractivity contribution in [3.63, 3.8) is 0 Å². The molecule has 0 fully saturated rings. The largest absolute Gasteiger partial charge is 0.389 e. The van der Waals surface area contributed by atoms with Crippen LogP contribution in [0, 0.1) is 0 Å². The number of fused-ring (bicyclic) bond motifs is 1. The molecule has 136 valence electrons. The Morgan fingerprint density at radius 1 is 0.962 bits per heavy atom. The Labute approximate surface area is 153 Å². The molecule has 0 saturated heterocycles. The van der Waals surface area contributed by atoms with Crippen molar-refractivity contribution in [2.24, 2.45) is 0 Å². The lowest BCUT2D eigenvalue weighted by atomic mass is 10.1. The van der Waals surface area contributed by atoms with E-state index >= 15 is 0 Å². The normalized spacial score (nSPS) is 12.8. The van der Waals surface area contributed by atoms with Gasteiger partial charge in [0.15, 0.2) is 0 Å². The number of benzene rings is 3. The molecular formula is C20H22N2O3S. The first-order valence-corrected chi connectivity index (χ1v) is 9.78. The second-order valence-electron chi connectivity index (χ2n) is 6.43. The van der Waals surface area contributed by atoms with Gasteiger partial charge in [0.2, 0.25) is 0 Å². The van der Waals surface area contributed by atoms with Gasteiger partial charge < -0.3 is 10.0 Å². The summed E-state index contributed by atoms with van der Waals surface area (Å²) >= 11 is 0. The standard InChI is InChI=1S/C20H22N2O3S/c1-14(23)15-7-4-8-16(13-15)21-26(24,25)20-12-6-9-17-18(20)10-5-11-19(17)22(2)3/h4-14,21,23H,1-3H3. The van der Waals surface area contributed by atoms with Crippen molar-refractivity contribution in [1.82, 2.24) is 0 Å². The highest BCUT2D eigenvalue weighted by Gasteiger charge is 2.19. The third kappa shape index (κ3) is 3.52. The molecule has 0 saturated carbocycles. The molecule has 0 amide bonds. The topological polar surface area (TPSA) is 69.6 Å². The second kappa shape index (κ2) is 6.97. The Kier molecular flexibility index (Phi) is 4.89. The van der Waals surface area contributed by atoms with Crippen LogP contribution >= 0.6 is 0 Å². The molecule has 3 rings (SSSR count). The maximum absolute atomic E-state index is 13.0. The van der Waals surface area contributed by atoms with Crippen LogP contribution in [0.15, 0.2) is 65.6 Å².